The predicted octanol–water partition coefficient (Wildman–Crippen LogP) is 12.7. The van der Waals surface area contributed by atoms with E-state index in [-0.39, 0.29) is 44.2 Å². The van der Waals surface area contributed by atoms with Crippen LogP contribution < -0.4 is 0 Å². The van der Waals surface area contributed by atoms with Crippen LogP contribution in [-0.2, 0) is 0 Å². The summed E-state index contributed by atoms with van der Waals surface area (Å²) in [4.78, 5) is 0. The van der Waals surface area contributed by atoms with Crippen LogP contribution in [0, 0.1) is 0 Å². The Hall–Kier alpha value is -5.46. The SMILES string of the molecule is [2H]c1c([2H])c([2H])c(-c2c3ccccc3c(-c3ccc4[se]c5cccc(-c6c7ccccc7c([2H])c7ccccc67)c5c4c3)c3ccccc23)c([2H])c1[2H]. The van der Waals surface area contributed by atoms with E-state index in [1.165, 1.54) is 24.9 Å². The number of rotatable bonds is 3. The molecule has 0 atom stereocenters. The van der Waals surface area contributed by atoms with Crippen LogP contribution in [0.4, 0.5) is 0 Å². The first-order valence-corrected chi connectivity index (χ1v) is 17.4. The van der Waals surface area contributed by atoms with Gasteiger partial charge in [0, 0.05) is 0 Å². The molecule has 10 rings (SSSR count). The van der Waals surface area contributed by atoms with Crippen LogP contribution in [0.15, 0.2) is 170 Å². The molecule has 9 aromatic carbocycles. The standard InChI is InChI=1S/C46H28Se/c1-2-13-29(14-3-1)43-35-19-8-10-21-37(35)44(38-22-11-9-20-36(38)43)32-25-26-41-40(28-32)46-39(23-12-24-42(46)47-41)45-33-17-6-4-15-30(33)27-31-16-5-7-18-34(31)45/h1-28H/i1D,2D,3D,13D,14D,27D. The summed E-state index contributed by atoms with van der Waals surface area (Å²) >= 11 is 0.106. The van der Waals surface area contributed by atoms with Crippen LogP contribution in [0.2, 0.25) is 0 Å². The zero-order valence-corrected chi connectivity index (χ0v) is 26.8. The Morgan fingerprint density at radius 2 is 0.957 bits per heavy atom. The van der Waals surface area contributed by atoms with E-state index in [0.717, 1.165) is 59.8 Å². The molecule has 0 amide bonds. The maximum absolute atomic E-state index is 9.10. The molecule has 10 aromatic rings. The van der Waals surface area contributed by atoms with Crippen LogP contribution in [0.25, 0.3) is 95.8 Å². The summed E-state index contributed by atoms with van der Waals surface area (Å²) in [6, 6.07) is 45.1. The summed E-state index contributed by atoms with van der Waals surface area (Å²) < 4.78 is 54.8. The van der Waals surface area contributed by atoms with Crippen molar-refractivity contribution in [1.82, 2.24) is 0 Å². The topological polar surface area (TPSA) is 0 Å². The van der Waals surface area contributed by atoms with Crippen LogP contribution in [-0.4, -0.2) is 14.5 Å². The van der Waals surface area contributed by atoms with Crippen LogP contribution in [0.5, 0.6) is 0 Å². The van der Waals surface area contributed by atoms with E-state index in [1.54, 1.807) is 0 Å². The van der Waals surface area contributed by atoms with E-state index >= 15 is 0 Å². The van der Waals surface area contributed by atoms with Crippen molar-refractivity contribution in [3.05, 3.63) is 170 Å². The molecule has 0 fully saturated rings. The molecule has 0 spiro atoms. The van der Waals surface area contributed by atoms with E-state index in [4.69, 9.17) is 8.22 Å². The van der Waals surface area contributed by atoms with Gasteiger partial charge >= 0.3 is 287 Å². The molecule has 0 aliphatic carbocycles. The molecule has 0 aliphatic heterocycles. The first-order chi connectivity index (χ1) is 25.8. The molecule has 0 nitrogen and oxygen atoms in total. The first kappa shape index (κ1) is 21.4. The molecule has 0 bridgehead atoms. The average molecular weight is 666 g/mol. The zero-order valence-electron chi connectivity index (χ0n) is 31.1. The van der Waals surface area contributed by atoms with Gasteiger partial charge in [0.1, 0.15) is 0 Å². The van der Waals surface area contributed by atoms with E-state index in [9.17, 15) is 0 Å². The molecule has 0 unspecified atom stereocenters. The summed E-state index contributed by atoms with van der Waals surface area (Å²) in [6.45, 7) is 0. The Morgan fingerprint density at radius 1 is 0.404 bits per heavy atom. The Bertz CT molecular complexity index is 3050. The van der Waals surface area contributed by atoms with Gasteiger partial charge < -0.3 is 0 Å². The van der Waals surface area contributed by atoms with Gasteiger partial charge in [-0.15, -0.1) is 0 Å². The van der Waals surface area contributed by atoms with Crippen molar-refractivity contribution < 1.29 is 8.22 Å². The van der Waals surface area contributed by atoms with E-state index in [0.29, 0.717) is 11.6 Å². The van der Waals surface area contributed by atoms with Gasteiger partial charge in [-0.1, -0.05) is 0 Å². The van der Waals surface area contributed by atoms with Gasteiger partial charge in [-0.25, -0.2) is 0 Å². The molecule has 0 saturated carbocycles. The second-order valence-electron chi connectivity index (χ2n) is 11.9. The van der Waals surface area contributed by atoms with Crippen LogP contribution in [0.3, 0.4) is 0 Å². The number of fused-ring (bicyclic) bond motifs is 7. The molecule has 0 N–H and O–H groups in total. The summed E-state index contributed by atoms with van der Waals surface area (Å²) in [6.07, 6.45) is 0. The number of hydrogen-bond donors (Lipinski definition) is 0. The molecule has 1 heteroatoms. The fraction of sp³-hybridized carbons (Fsp3) is 0. The Morgan fingerprint density at radius 3 is 1.57 bits per heavy atom. The summed E-state index contributed by atoms with van der Waals surface area (Å²) in [5.74, 6) is 0. The maximum atomic E-state index is 9.10. The summed E-state index contributed by atoms with van der Waals surface area (Å²) in [5.41, 5.74) is 5.27. The van der Waals surface area contributed by atoms with E-state index < -0.39 is 6.04 Å². The van der Waals surface area contributed by atoms with Crippen molar-refractivity contribution in [3.63, 3.8) is 0 Å². The average Bonchev–Trinajstić information content (AvgIpc) is 3.58. The molecule has 47 heavy (non-hydrogen) atoms. The molecule has 0 saturated heterocycles. The molecule has 0 radical (unpaired) electrons. The van der Waals surface area contributed by atoms with Crippen LogP contribution >= 0.6 is 0 Å². The minimum atomic E-state index is -0.398. The van der Waals surface area contributed by atoms with Gasteiger partial charge in [0.2, 0.25) is 0 Å². The molecule has 1 heterocycles. The van der Waals surface area contributed by atoms with Crippen molar-refractivity contribution in [1.29, 1.82) is 0 Å². The van der Waals surface area contributed by atoms with Gasteiger partial charge in [0.05, 0.1) is 1.37 Å². The number of benzene rings is 9. The fourth-order valence-corrected chi connectivity index (χ4v) is 9.81. The monoisotopic (exact) mass is 666 g/mol. The summed E-state index contributed by atoms with van der Waals surface area (Å²) in [5, 5.41) is 10.0. The van der Waals surface area contributed by atoms with Crippen molar-refractivity contribution in [3.8, 4) is 33.4 Å². The third-order valence-electron chi connectivity index (χ3n) is 9.40. The van der Waals surface area contributed by atoms with Crippen LogP contribution in [0.1, 0.15) is 8.22 Å². The third kappa shape index (κ3) is 4.08. The third-order valence-corrected chi connectivity index (χ3v) is 11.8. The van der Waals surface area contributed by atoms with Crippen molar-refractivity contribution in [2.45, 2.75) is 0 Å². The second-order valence-corrected chi connectivity index (χ2v) is 14.2. The van der Waals surface area contributed by atoms with Crippen molar-refractivity contribution in [2.24, 2.45) is 0 Å². The first-order valence-electron chi connectivity index (χ1n) is 18.7. The quantitative estimate of drug-likeness (QED) is 0.130. The van der Waals surface area contributed by atoms with Crippen molar-refractivity contribution >= 4 is 76.9 Å². The zero-order chi connectivity index (χ0) is 36.1. The number of hydrogen-bond acceptors (Lipinski definition) is 0. The van der Waals surface area contributed by atoms with Gasteiger partial charge in [-0.3, -0.25) is 0 Å². The molecular formula is C46H28Se. The minimum absolute atomic E-state index is 0.106. The summed E-state index contributed by atoms with van der Waals surface area (Å²) in [7, 11) is 0. The van der Waals surface area contributed by atoms with Gasteiger partial charge in [0.15, 0.2) is 0 Å². The van der Waals surface area contributed by atoms with E-state index in [2.05, 4.69) is 84.9 Å². The normalized spacial score (nSPS) is 13.6. The Kier molecular flexibility index (Phi) is 4.79. The van der Waals surface area contributed by atoms with Crippen molar-refractivity contribution in [2.75, 3.05) is 0 Å². The molecule has 218 valence electrons. The molecule has 1 aromatic heterocycles. The molecular weight excluding hydrogens is 631 g/mol. The second kappa shape index (κ2) is 10.5. The van der Waals surface area contributed by atoms with E-state index in [1.807, 2.05) is 48.5 Å². The molecule has 0 aliphatic rings. The predicted molar refractivity (Wildman–Crippen MR) is 205 cm³/mol. The Labute approximate surface area is 287 Å². The fourth-order valence-electron chi connectivity index (χ4n) is 7.47. The van der Waals surface area contributed by atoms with Gasteiger partial charge in [-0.2, -0.15) is 0 Å². The van der Waals surface area contributed by atoms with Gasteiger partial charge in [-0.05, 0) is 0 Å². The van der Waals surface area contributed by atoms with Gasteiger partial charge in [0.25, 0.3) is 0 Å². The Balaban J connectivity index is 1.31.